The van der Waals surface area contributed by atoms with Crippen molar-refractivity contribution in [2.24, 2.45) is 0 Å². The largest absolute Gasteiger partial charge is 0.448 e. The molecule has 0 bridgehead atoms. The number of nitrogens with one attached hydrogen (secondary N) is 1. The van der Waals surface area contributed by atoms with Crippen LogP contribution >= 0.6 is 0 Å². The minimum atomic E-state index is 0.0504. The van der Waals surface area contributed by atoms with Crippen LogP contribution in [0.4, 0.5) is 0 Å². The van der Waals surface area contributed by atoms with Gasteiger partial charge < -0.3 is 14.5 Å². The fourth-order valence-corrected chi connectivity index (χ4v) is 1.49. The maximum atomic E-state index is 5.49. The van der Waals surface area contributed by atoms with Crippen molar-refractivity contribution < 1.29 is 9.15 Å². The summed E-state index contributed by atoms with van der Waals surface area (Å²) in [7, 11) is 1.70. The lowest BCUT2D eigenvalue weighted by molar-refractivity contribution is 0.199. The summed E-state index contributed by atoms with van der Waals surface area (Å²) in [5.41, 5.74) is 1.05. The molecule has 1 aromatic rings. The first kappa shape index (κ1) is 13.2. The van der Waals surface area contributed by atoms with Crippen molar-refractivity contribution >= 4 is 0 Å². The highest BCUT2D eigenvalue weighted by Crippen LogP contribution is 2.28. The maximum absolute atomic E-state index is 5.49. The van der Waals surface area contributed by atoms with E-state index in [9.17, 15) is 0 Å². The van der Waals surface area contributed by atoms with Crippen LogP contribution in [-0.2, 0) is 16.7 Å². The second-order valence-corrected chi connectivity index (χ2v) is 4.54. The molecule has 0 spiro atoms. The van der Waals surface area contributed by atoms with Gasteiger partial charge in [0.05, 0.1) is 12.3 Å². The van der Waals surface area contributed by atoms with Gasteiger partial charge in [-0.2, -0.15) is 0 Å². The normalized spacial score (nSPS) is 12.0. The summed E-state index contributed by atoms with van der Waals surface area (Å²) in [6.45, 7) is 8.78. The van der Waals surface area contributed by atoms with Crippen molar-refractivity contribution in [1.29, 1.82) is 0 Å². The highest BCUT2D eigenvalue weighted by molar-refractivity contribution is 5.16. The molecule has 0 radical (unpaired) electrons. The third-order valence-electron chi connectivity index (χ3n) is 2.92. The first-order valence-electron chi connectivity index (χ1n) is 5.74. The lowest BCUT2D eigenvalue weighted by Gasteiger charge is -2.20. The van der Waals surface area contributed by atoms with Gasteiger partial charge in [-0.15, -0.1) is 0 Å². The van der Waals surface area contributed by atoms with Gasteiger partial charge >= 0.3 is 0 Å². The average molecular weight is 226 g/mol. The zero-order valence-electron chi connectivity index (χ0n) is 10.7. The monoisotopic (exact) mass is 226 g/mol. The number of oxazole rings is 1. The average Bonchev–Trinajstić information content (AvgIpc) is 2.73. The van der Waals surface area contributed by atoms with Crippen LogP contribution in [-0.4, -0.2) is 25.2 Å². The fraction of sp³-hybridized carbons (Fsp3) is 0.750. The lowest BCUT2D eigenvalue weighted by Crippen LogP contribution is -2.23. The number of ether oxygens (including phenoxy) is 1. The predicted octanol–water partition coefficient (Wildman–Crippen LogP) is 2.10. The second kappa shape index (κ2) is 6.01. The molecule has 0 unspecified atom stereocenters. The van der Waals surface area contributed by atoms with E-state index in [0.717, 1.165) is 31.0 Å². The Balaban J connectivity index is 2.57. The Kier molecular flexibility index (Phi) is 4.96. The van der Waals surface area contributed by atoms with E-state index in [2.05, 4.69) is 31.1 Å². The van der Waals surface area contributed by atoms with Gasteiger partial charge in [0.2, 0.25) is 0 Å². The second-order valence-electron chi connectivity index (χ2n) is 4.54. The van der Waals surface area contributed by atoms with E-state index in [1.54, 1.807) is 7.11 Å². The van der Waals surface area contributed by atoms with Gasteiger partial charge in [0.15, 0.2) is 6.39 Å². The third kappa shape index (κ3) is 3.32. The Bertz CT molecular complexity index is 308. The SMILES string of the molecule is CCC(C)(C)c1ocnc1CNCCOC. The number of hydrogen-bond donors (Lipinski definition) is 1. The van der Waals surface area contributed by atoms with Crippen molar-refractivity contribution in [3.05, 3.63) is 17.8 Å². The van der Waals surface area contributed by atoms with Crippen LogP contribution in [0.2, 0.25) is 0 Å². The molecule has 1 N–H and O–H groups in total. The molecule has 0 aliphatic heterocycles. The topological polar surface area (TPSA) is 47.3 Å². The smallest absolute Gasteiger partial charge is 0.181 e. The van der Waals surface area contributed by atoms with Crippen LogP contribution in [0.5, 0.6) is 0 Å². The lowest BCUT2D eigenvalue weighted by atomic mass is 9.86. The van der Waals surface area contributed by atoms with Gasteiger partial charge in [-0.3, -0.25) is 0 Å². The van der Waals surface area contributed by atoms with Crippen molar-refractivity contribution in [2.75, 3.05) is 20.3 Å². The van der Waals surface area contributed by atoms with E-state index >= 15 is 0 Å². The van der Waals surface area contributed by atoms with Crippen LogP contribution in [0, 0.1) is 0 Å². The molecule has 0 atom stereocenters. The summed E-state index contributed by atoms with van der Waals surface area (Å²) >= 11 is 0. The van der Waals surface area contributed by atoms with Crippen molar-refractivity contribution in [3.63, 3.8) is 0 Å². The van der Waals surface area contributed by atoms with Crippen LogP contribution in [0.25, 0.3) is 0 Å². The number of hydrogen-bond acceptors (Lipinski definition) is 4. The molecule has 92 valence electrons. The zero-order chi connectivity index (χ0) is 12.0. The summed E-state index contributed by atoms with van der Waals surface area (Å²) in [5, 5.41) is 3.28. The van der Waals surface area contributed by atoms with Gasteiger partial charge in [0.25, 0.3) is 0 Å². The van der Waals surface area contributed by atoms with Crippen LogP contribution < -0.4 is 5.32 Å². The summed E-state index contributed by atoms with van der Waals surface area (Å²) in [4.78, 5) is 4.26. The highest BCUT2D eigenvalue weighted by atomic mass is 16.5. The number of nitrogens with zero attached hydrogens (tertiary/aromatic N) is 1. The summed E-state index contributed by atoms with van der Waals surface area (Å²) in [6, 6.07) is 0. The molecule has 0 saturated heterocycles. The third-order valence-corrected chi connectivity index (χ3v) is 2.92. The van der Waals surface area contributed by atoms with E-state index in [1.165, 1.54) is 6.39 Å². The van der Waals surface area contributed by atoms with Gasteiger partial charge in [-0.05, 0) is 6.42 Å². The number of rotatable bonds is 7. The van der Waals surface area contributed by atoms with Crippen molar-refractivity contribution in [3.8, 4) is 0 Å². The van der Waals surface area contributed by atoms with Gasteiger partial charge in [0, 0.05) is 25.6 Å². The van der Waals surface area contributed by atoms with Crippen LogP contribution in [0.3, 0.4) is 0 Å². The molecule has 1 rings (SSSR count). The Labute approximate surface area is 97.4 Å². The molecular weight excluding hydrogens is 204 g/mol. The summed E-state index contributed by atoms with van der Waals surface area (Å²) < 4.78 is 10.5. The maximum Gasteiger partial charge on any atom is 0.181 e. The Hall–Kier alpha value is -0.870. The molecule has 1 aromatic heterocycles. The van der Waals surface area contributed by atoms with Gasteiger partial charge in [-0.1, -0.05) is 20.8 Å². The molecule has 0 aliphatic carbocycles. The highest BCUT2D eigenvalue weighted by Gasteiger charge is 2.25. The molecule has 4 heteroatoms. The standard InChI is InChI=1S/C12H22N2O2/c1-5-12(2,3)11-10(14-9-16-11)8-13-6-7-15-4/h9,13H,5-8H2,1-4H3. The minimum absolute atomic E-state index is 0.0504. The Morgan fingerprint density at radius 2 is 2.25 bits per heavy atom. The predicted molar refractivity (Wildman–Crippen MR) is 63.4 cm³/mol. The van der Waals surface area contributed by atoms with Gasteiger partial charge in [-0.25, -0.2) is 4.98 Å². The molecule has 16 heavy (non-hydrogen) atoms. The van der Waals surface area contributed by atoms with Crippen LogP contribution in [0.1, 0.15) is 38.6 Å². The fourth-order valence-electron chi connectivity index (χ4n) is 1.49. The summed E-state index contributed by atoms with van der Waals surface area (Å²) in [5.74, 6) is 0.986. The molecular formula is C12H22N2O2. The van der Waals surface area contributed by atoms with Gasteiger partial charge in [0.1, 0.15) is 5.76 Å². The zero-order valence-corrected chi connectivity index (χ0v) is 10.7. The number of aromatic nitrogens is 1. The van der Waals surface area contributed by atoms with E-state index in [4.69, 9.17) is 9.15 Å². The Morgan fingerprint density at radius 1 is 1.50 bits per heavy atom. The molecule has 0 aliphatic rings. The minimum Gasteiger partial charge on any atom is -0.448 e. The van der Waals surface area contributed by atoms with Crippen molar-refractivity contribution in [2.45, 2.75) is 39.2 Å². The Morgan fingerprint density at radius 3 is 2.88 bits per heavy atom. The molecule has 0 aromatic carbocycles. The first-order valence-corrected chi connectivity index (χ1v) is 5.74. The van der Waals surface area contributed by atoms with E-state index < -0.39 is 0 Å². The van der Waals surface area contributed by atoms with Crippen molar-refractivity contribution in [1.82, 2.24) is 10.3 Å². The number of methoxy groups -OCH3 is 1. The molecule has 0 saturated carbocycles. The molecule has 4 nitrogen and oxygen atoms in total. The molecule has 0 amide bonds. The quantitative estimate of drug-likeness (QED) is 0.723. The van der Waals surface area contributed by atoms with E-state index in [-0.39, 0.29) is 5.41 Å². The van der Waals surface area contributed by atoms with Crippen LogP contribution in [0.15, 0.2) is 10.8 Å². The first-order chi connectivity index (χ1) is 7.61. The molecule has 0 fully saturated rings. The van der Waals surface area contributed by atoms with E-state index in [1.807, 2.05) is 0 Å². The van der Waals surface area contributed by atoms with E-state index in [0.29, 0.717) is 6.61 Å². The molecule has 1 heterocycles. The summed E-state index contributed by atoms with van der Waals surface area (Å²) in [6.07, 6.45) is 2.56.